The first-order chi connectivity index (χ1) is 9.58. The van der Waals surface area contributed by atoms with Crippen molar-refractivity contribution in [2.45, 2.75) is 19.3 Å². The molecule has 1 aromatic carbocycles. The van der Waals surface area contributed by atoms with Gasteiger partial charge in [0.1, 0.15) is 5.75 Å². The summed E-state index contributed by atoms with van der Waals surface area (Å²) in [6, 6.07) is 4.13. The van der Waals surface area contributed by atoms with Crippen molar-refractivity contribution in [2.24, 2.45) is 5.92 Å². The van der Waals surface area contributed by atoms with E-state index in [1.807, 2.05) is 12.2 Å². The number of hydrogen-bond acceptors (Lipinski definition) is 3. The number of phenols is 1. The van der Waals surface area contributed by atoms with Gasteiger partial charge in [-0.2, -0.15) is 0 Å². The van der Waals surface area contributed by atoms with Gasteiger partial charge in [0.25, 0.3) is 5.91 Å². The third kappa shape index (κ3) is 3.51. The average Bonchev–Trinajstić information content (AvgIpc) is 2.47. The molecule has 0 spiro atoms. The number of amides is 2. The summed E-state index contributed by atoms with van der Waals surface area (Å²) >= 11 is 5.76. The Morgan fingerprint density at radius 3 is 2.80 bits per heavy atom. The minimum atomic E-state index is -0.613. The van der Waals surface area contributed by atoms with E-state index in [9.17, 15) is 14.7 Å². The Balaban J connectivity index is 1.95. The average molecular weight is 295 g/mol. The van der Waals surface area contributed by atoms with Gasteiger partial charge in [-0.3, -0.25) is 20.4 Å². The van der Waals surface area contributed by atoms with Crippen LogP contribution in [0.15, 0.2) is 30.4 Å². The molecule has 0 saturated carbocycles. The molecular weight excluding hydrogens is 280 g/mol. The van der Waals surface area contributed by atoms with E-state index in [1.165, 1.54) is 18.2 Å². The number of halogens is 1. The number of allylic oxidation sites excluding steroid dienone is 1. The Bertz CT molecular complexity index is 557. The van der Waals surface area contributed by atoms with Gasteiger partial charge in [-0.1, -0.05) is 23.8 Å². The summed E-state index contributed by atoms with van der Waals surface area (Å²) in [5.74, 6) is -1.30. The second kappa shape index (κ2) is 6.43. The summed E-state index contributed by atoms with van der Waals surface area (Å²) in [7, 11) is 0. The van der Waals surface area contributed by atoms with Crippen LogP contribution in [0.2, 0.25) is 5.02 Å². The molecule has 0 unspecified atom stereocenters. The zero-order chi connectivity index (χ0) is 14.5. The van der Waals surface area contributed by atoms with Crippen LogP contribution < -0.4 is 10.9 Å². The Kier molecular flexibility index (Phi) is 4.63. The minimum absolute atomic E-state index is 0.0111. The van der Waals surface area contributed by atoms with Crippen molar-refractivity contribution in [2.75, 3.05) is 0 Å². The molecule has 0 heterocycles. The first-order valence-corrected chi connectivity index (χ1v) is 6.71. The van der Waals surface area contributed by atoms with Gasteiger partial charge in [-0.05, 0) is 37.5 Å². The van der Waals surface area contributed by atoms with Gasteiger partial charge in [-0.25, -0.2) is 0 Å². The number of benzene rings is 1. The predicted molar refractivity (Wildman–Crippen MR) is 75.2 cm³/mol. The van der Waals surface area contributed by atoms with Crippen molar-refractivity contribution in [3.8, 4) is 5.75 Å². The summed E-state index contributed by atoms with van der Waals surface area (Å²) in [5.41, 5.74) is 4.64. The number of phenolic OH excluding ortho intramolecular Hbond substituents is 1. The molecule has 106 valence electrons. The van der Waals surface area contributed by atoms with Crippen LogP contribution in [0.4, 0.5) is 0 Å². The number of hydrogen-bond donors (Lipinski definition) is 3. The molecule has 1 atom stereocenters. The van der Waals surface area contributed by atoms with Gasteiger partial charge in [0.15, 0.2) is 0 Å². The zero-order valence-electron chi connectivity index (χ0n) is 10.7. The second-order valence-corrected chi connectivity index (χ2v) is 5.01. The van der Waals surface area contributed by atoms with Crippen molar-refractivity contribution >= 4 is 23.4 Å². The molecular formula is C14H15ClN2O3. The smallest absolute Gasteiger partial charge is 0.273 e. The molecule has 0 saturated heterocycles. The molecule has 6 heteroatoms. The van der Waals surface area contributed by atoms with Crippen LogP contribution in [-0.2, 0) is 4.79 Å². The third-order valence-corrected chi connectivity index (χ3v) is 3.33. The summed E-state index contributed by atoms with van der Waals surface area (Å²) in [5, 5.41) is 9.90. The molecule has 0 bridgehead atoms. The lowest BCUT2D eigenvalue weighted by Gasteiger charge is -2.16. The van der Waals surface area contributed by atoms with E-state index in [0.29, 0.717) is 5.02 Å². The Morgan fingerprint density at radius 1 is 1.30 bits per heavy atom. The third-order valence-electron chi connectivity index (χ3n) is 3.09. The fourth-order valence-corrected chi connectivity index (χ4v) is 2.17. The molecule has 5 nitrogen and oxygen atoms in total. The van der Waals surface area contributed by atoms with Crippen LogP contribution >= 0.6 is 11.6 Å². The monoisotopic (exact) mass is 294 g/mol. The zero-order valence-corrected chi connectivity index (χ0v) is 11.5. The van der Waals surface area contributed by atoms with Gasteiger partial charge in [0.05, 0.1) is 11.5 Å². The lowest BCUT2D eigenvalue weighted by molar-refractivity contribution is -0.124. The van der Waals surface area contributed by atoms with Crippen LogP contribution in [0.25, 0.3) is 0 Å². The first-order valence-electron chi connectivity index (χ1n) is 6.33. The molecule has 1 aliphatic rings. The lowest BCUT2D eigenvalue weighted by atomic mass is 9.95. The number of carbonyl (C=O) groups excluding carboxylic acids is 2. The summed E-state index contributed by atoms with van der Waals surface area (Å²) in [6.45, 7) is 0. The predicted octanol–water partition coefficient (Wildman–Crippen LogP) is 2.16. The molecule has 0 aromatic heterocycles. The number of aromatic hydroxyl groups is 1. The fraction of sp³-hybridized carbons (Fsp3) is 0.286. The highest BCUT2D eigenvalue weighted by molar-refractivity contribution is 6.31. The van der Waals surface area contributed by atoms with Crippen molar-refractivity contribution in [1.29, 1.82) is 0 Å². The molecule has 0 aliphatic heterocycles. The van der Waals surface area contributed by atoms with Crippen LogP contribution in [-0.4, -0.2) is 16.9 Å². The highest BCUT2D eigenvalue weighted by Crippen LogP contribution is 2.21. The number of hydrazine groups is 1. The van der Waals surface area contributed by atoms with Gasteiger partial charge >= 0.3 is 0 Å². The number of rotatable bonds is 2. The molecule has 2 rings (SSSR count). The van der Waals surface area contributed by atoms with E-state index in [2.05, 4.69) is 10.9 Å². The summed E-state index contributed by atoms with van der Waals surface area (Å²) in [4.78, 5) is 23.7. The van der Waals surface area contributed by atoms with Crippen molar-refractivity contribution < 1.29 is 14.7 Å². The van der Waals surface area contributed by atoms with E-state index in [4.69, 9.17) is 11.6 Å². The van der Waals surface area contributed by atoms with E-state index < -0.39 is 5.91 Å². The highest BCUT2D eigenvalue weighted by Gasteiger charge is 2.18. The molecule has 3 N–H and O–H groups in total. The van der Waals surface area contributed by atoms with Gasteiger partial charge in [0.2, 0.25) is 5.91 Å². The minimum Gasteiger partial charge on any atom is -0.507 e. The van der Waals surface area contributed by atoms with Crippen LogP contribution in [0.3, 0.4) is 0 Å². The number of carbonyl (C=O) groups is 2. The fourth-order valence-electron chi connectivity index (χ4n) is 2.00. The topological polar surface area (TPSA) is 78.4 Å². The van der Waals surface area contributed by atoms with Crippen LogP contribution in [0.5, 0.6) is 5.75 Å². The van der Waals surface area contributed by atoms with E-state index in [0.717, 1.165) is 19.3 Å². The standard InChI is InChI=1S/C14H15ClN2O3/c15-10-6-7-12(18)11(8-10)14(20)17-16-13(19)9-4-2-1-3-5-9/h2,4,6-9,18H,1,3,5H2,(H,16,19)(H,17,20)/t9-/m0/s1. The largest absolute Gasteiger partial charge is 0.507 e. The maximum Gasteiger partial charge on any atom is 0.273 e. The quantitative estimate of drug-likeness (QED) is 0.578. The maximum atomic E-state index is 11.8. The van der Waals surface area contributed by atoms with Crippen LogP contribution in [0, 0.1) is 5.92 Å². The molecule has 1 aromatic rings. The molecule has 2 amide bonds. The van der Waals surface area contributed by atoms with Crippen molar-refractivity contribution in [3.05, 3.63) is 40.9 Å². The first kappa shape index (κ1) is 14.4. The van der Waals surface area contributed by atoms with E-state index >= 15 is 0 Å². The number of nitrogens with one attached hydrogen (secondary N) is 2. The molecule has 0 fully saturated rings. The SMILES string of the molecule is O=C(NNC(=O)[C@H]1C=CCCC1)c1cc(Cl)ccc1O. The van der Waals surface area contributed by atoms with E-state index in [-0.39, 0.29) is 23.1 Å². The Labute approximate surface area is 121 Å². The Morgan fingerprint density at radius 2 is 2.10 bits per heavy atom. The van der Waals surface area contributed by atoms with Gasteiger partial charge in [0, 0.05) is 5.02 Å². The normalized spacial score (nSPS) is 17.6. The van der Waals surface area contributed by atoms with E-state index in [1.54, 1.807) is 0 Å². The van der Waals surface area contributed by atoms with Gasteiger partial charge < -0.3 is 5.11 Å². The van der Waals surface area contributed by atoms with Gasteiger partial charge in [-0.15, -0.1) is 0 Å². The van der Waals surface area contributed by atoms with Crippen LogP contribution in [0.1, 0.15) is 29.6 Å². The summed E-state index contributed by atoms with van der Waals surface area (Å²) in [6.07, 6.45) is 6.49. The second-order valence-electron chi connectivity index (χ2n) is 4.57. The van der Waals surface area contributed by atoms with Crippen molar-refractivity contribution in [3.63, 3.8) is 0 Å². The molecule has 1 aliphatic carbocycles. The highest BCUT2D eigenvalue weighted by atomic mass is 35.5. The summed E-state index contributed by atoms with van der Waals surface area (Å²) < 4.78 is 0. The maximum absolute atomic E-state index is 11.8. The van der Waals surface area contributed by atoms with Crippen molar-refractivity contribution in [1.82, 2.24) is 10.9 Å². The Hall–Kier alpha value is -2.01. The molecule has 20 heavy (non-hydrogen) atoms. The molecule has 0 radical (unpaired) electrons. The lowest BCUT2D eigenvalue weighted by Crippen LogP contribution is -2.44.